The van der Waals surface area contributed by atoms with Gasteiger partial charge in [0.1, 0.15) is 11.4 Å². The summed E-state index contributed by atoms with van der Waals surface area (Å²) in [6, 6.07) is 3.80. The fourth-order valence-electron chi connectivity index (χ4n) is 1.85. The van der Waals surface area contributed by atoms with Crippen molar-refractivity contribution in [3.63, 3.8) is 0 Å². The van der Waals surface area contributed by atoms with E-state index >= 15 is 0 Å². The summed E-state index contributed by atoms with van der Waals surface area (Å²) >= 11 is 1.68. The molecule has 4 nitrogen and oxygen atoms in total. The van der Waals surface area contributed by atoms with Crippen molar-refractivity contribution in [2.24, 2.45) is 0 Å². The van der Waals surface area contributed by atoms with E-state index in [2.05, 4.69) is 22.2 Å². The van der Waals surface area contributed by atoms with Crippen molar-refractivity contribution in [3.05, 3.63) is 41.2 Å². The number of furan rings is 1. The Morgan fingerprint density at radius 1 is 1.33 bits per heavy atom. The summed E-state index contributed by atoms with van der Waals surface area (Å²) in [5.74, 6) is 1.23. The van der Waals surface area contributed by atoms with Crippen LogP contribution >= 0.6 is 11.3 Å². The number of fused-ring (bicyclic) bond motifs is 1. The van der Waals surface area contributed by atoms with Gasteiger partial charge in [0, 0.05) is 30.2 Å². The molecular formula is C13H13N3OS. The fourth-order valence-corrected chi connectivity index (χ4v) is 2.55. The van der Waals surface area contributed by atoms with Crippen molar-refractivity contribution in [2.45, 2.75) is 12.8 Å². The Kier molecular flexibility index (Phi) is 2.98. The molecule has 3 rings (SSSR count). The highest BCUT2D eigenvalue weighted by Crippen LogP contribution is 2.23. The van der Waals surface area contributed by atoms with Crippen LogP contribution in [0.5, 0.6) is 0 Å². The maximum atomic E-state index is 5.35. The molecular weight excluding hydrogens is 246 g/mol. The Labute approximate surface area is 109 Å². The van der Waals surface area contributed by atoms with Crippen LogP contribution < -0.4 is 5.32 Å². The number of anilines is 1. The van der Waals surface area contributed by atoms with Crippen molar-refractivity contribution in [3.8, 4) is 0 Å². The third-order valence-corrected chi connectivity index (χ3v) is 3.84. The maximum absolute atomic E-state index is 5.35. The summed E-state index contributed by atoms with van der Waals surface area (Å²) in [5.41, 5.74) is 0.856. The van der Waals surface area contributed by atoms with Crippen molar-refractivity contribution >= 4 is 28.1 Å². The van der Waals surface area contributed by atoms with Gasteiger partial charge in [-0.1, -0.05) is 6.92 Å². The van der Waals surface area contributed by atoms with Gasteiger partial charge >= 0.3 is 0 Å². The molecule has 0 aliphatic carbocycles. The van der Waals surface area contributed by atoms with Gasteiger partial charge in [0.05, 0.1) is 16.7 Å². The van der Waals surface area contributed by atoms with Gasteiger partial charge in [0.2, 0.25) is 0 Å². The lowest BCUT2D eigenvalue weighted by molar-refractivity contribution is 0.615. The summed E-state index contributed by atoms with van der Waals surface area (Å²) in [6.07, 6.45) is 5.27. The highest BCUT2D eigenvalue weighted by atomic mass is 32.1. The largest absolute Gasteiger partial charge is 0.464 e. The summed E-state index contributed by atoms with van der Waals surface area (Å²) in [7, 11) is 0. The molecule has 18 heavy (non-hydrogen) atoms. The molecule has 3 aromatic heterocycles. The van der Waals surface area contributed by atoms with Crippen LogP contribution in [0.25, 0.3) is 11.0 Å². The van der Waals surface area contributed by atoms with E-state index in [9.17, 15) is 0 Å². The van der Waals surface area contributed by atoms with Gasteiger partial charge in [-0.25, -0.2) is 9.97 Å². The molecule has 0 saturated heterocycles. The van der Waals surface area contributed by atoms with Crippen LogP contribution in [-0.2, 0) is 0 Å². The van der Waals surface area contributed by atoms with Gasteiger partial charge in [-0.05, 0) is 12.1 Å². The van der Waals surface area contributed by atoms with Gasteiger partial charge < -0.3 is 9.73 Å². The molecule has 5 heteroatoms. The second kappa shape index (κ2) is 4.78. The second-order valence-electron chi connectivity index (χ2n) is 4.14. The minimum Gasteiger partial charge on any atom is -0.464 e. The van der Waals surface area contributed by atoms with Crippen molar-refractivity contribution in [1.82, 2.24) is 9.97 Å². The predicted molar refractivity (Wildman–Crippen MR) is 73.0 cm³/mol. The third kappa shape index (κ3) is 2.09. The summed E-state index contributed by atoms with van der Waals surface area (Å²) in [4.78, 5) is 8.66. The van der Waals surface area contributed by atoms with E-state index in [4.69, 9.17) is 4.42 Å². The highest BCUT2D eigenvalue weighted by Gasteiger charge is 2.10. The lowest BCUT2D eigenvalue weighted by Crippen LogP contribution is -2.10. The number of rotatable bonds is 4. The normalized spacial score (nSPS) is 12.7. The summed E-state index contributed by atoms with van der Waals surface area (Å²) < 4.78 is 5.35. The molecule has 1 unspecified atom stereocenters. The van der Waals surface area contributed by atoms with Crippen molar-refractivity contribution in [2.75, 3.05) is 11.9 Å². The summed E-state index contributed by atoms with van der Waals surface area (Å²) in [5, 5.41) is 7.52. The van der Waals surface area contributed by atoms with E-state index in [-0.39, 0.29) is 0 Å². The summed E-state index contributed by atoms with van der Waals surface area (Å²) in [6.45, 7) is 2.96. The Balaban J connectivity index is 1.75. The number of hydrogen-bond acceptors (Lipinski definition) is 5. The molecule has 92 valence electrons. The number of nitrogens with zero attached hydrogens (tertiary/aromatic N) is 2. The van der Waals surface area contributed by atoms with Crippen LogP contribution in [-0.4, -0.2) is 16.5 Å². The van der Waals surface area contributed by atoms with E-state index in [1.165, 1.54) is 0 Å². The van der Waals surface area contributed by atoms with Gasteiger partial charge in [0.25, 0.3) is 0 Å². The average molecular weight is 259 g/mol. The second-order valence-corrected chi connectivity index (χ2v) is 5.07. The zero-order chi connectivity index (χ0) is 12.4. The molecule has 3 heterocycles. The van der Waals surface area contributed by atoms with E-state index in [1.54, 1.807) is 23.8 Å². The smallest absolute Gasteiger partial charge is 0.139 e. The quantitative estimate of drug-likeness (QED) is 0.779. The monoisotopic (exact) mass is 259 g/mol. The van der Waals surface area contributed by atoms with Crippen LogP contribution in [0.15, 0.2) is 40.6 Å². The molecule has 0 fully saturated rings. The Bertz CT molecular complexity index is 633. The number of nitrogens with one attached hydrogen (secondary N) is 1. The molecule has 0 spiro atoms. The van der Waals surface area contributed by atoms with Gasteiger partial charge in [-0.3, -0.25) is 0 Å². The van der Waals surface area contributed by atoms with Crippen molar-refractivity contribution < 1.29 is 4.42 Å². The third-order valence-electron chi connectivity index (χ3n) is 2.83. The zero-order valence-corrected chi connectivity index (χ0v) is 10.8. The molecule has 0 amide bonds. The number of hydrogen-bond donors (Lipinski definition) is 1. The Morgan fingerprint density at radius 2 is 2.28 bits per heavy atom. The van der Waals surface area contributed by atoms with Crippen LogP contribution in [0.3, 0.4) is 0 Å². The van der Waals surface area contributed by atoms with E-state index < -0.39 is 0 Å². The Morgan fingerprint density at radius 3 is 3.11 bits per heavy atom. The topological polar surface area (TPSA) is 51.0 Å². The van der Waals surface area contributed by atoms with E-state index in [0.717, 1.165) is 28.3 Å². The molecule has 1 atom stereocenters. The molecule has 0 aliphatic heterocycles. The fraction of sp³-hybridized carbons (Fsp3) is 0.231. The first-order valence-electron chi connectivity index (χ1n) is 5.80. The molecule has 3 aromatic rings. The van der Waals surface area contributed by atoms with Crippen LogP contribution in [0.2, 0.25) is 0 Å². The van der Waals surface area contributed by atoms with E-state index in [1.807, 2.05) is 23.7 Å². The first kappa shape index (κ1) is 11.2. The standard InChI is InChI=1S/C13H13N3OS/c1-9(13-15-5-7-18-13)8-16-12-10-3-6-17-11(10)2-4-14-12/h2-7,9H,8H2,1H3,(H,14,16). The Hall–Kier alpha value is -1.88. The van der Waals surface area contributed by atoms with Crippen molar-refractivity contribution in [1.29, 1.82) is 0 Å². The lowest BCUT2D eigenvalue weighted by atomic mass is 10.2. The van der Waals surface area contributed by atoms with E-state index in [0.29, 0.717) is 5.92 Å². The minimum absolute atomic E-state index is 0.369. The molecule has 0 bridgehead atoms. The van der Waals surface area contributed by atoms with Gasteiger partial charge in [0.15, 0.2) is 0 Å². The maximum Gasteiger partial charge on any atom is 0.139 e. The first-order chi connectivity index (χ1) is 8.84. The minimum atomic E-state index is 0.369. The highest BCUT2D eigenvalue weighted by molar-refractivity contribution is 7.09. The van der Waals surface area contributed by atoms with Gasteiger partial charge in [-0.15, -0.1) is 11.3 Å². The number of thiazole rings is 1. The molecule has 0 aliphatic rings. The molecule has 0 aromatic carbocycles. The first-order valence-corrected chi connectivity index (χ1v) is 6.68. The lowest BCUT2D eigenvalue weighted by Gasteiger charge is -2.10. The van der Waals surface area contributed by atoms with Crippen LogP contribution in [0.4, 0.5) is 5.82 Å². The van der Waals surface area contributed by atoms with Crippen LogP contribution in [0.1, 0.15) is 17.8 Å². The molecule has 1 N–H and O–H groups in total. The average Bonchev–Trinajstić information content (AvgIpc) is 3.05. The van der Waals surface area contributed by atoms with Crippen LogP contribution in [0, 0.1) is 0 Å². The van der Waals surface area contributed by atoms with Gasteiger partial charge in [-0.2, -0.15) is 0 Å². The predicted octanol–water partition coefficient (Wildman–Crippen LogP) is 3.50. The number of pyridine rings is 1. The number of aromatic nitrogens is 2. The molecule has 0 radical (unpaired) electrons. The molecule has 0 saturated carbocycles. The zero-order valence-electron chi connectivity index (χ0n) is 9.96. The SMILES string of the molecule is CC(CNc1nccc2occc12)c1nccs1.